The quantitative estimate of drug-likeness (QED) is 0.0700. The van der Waals surface area contributed by atoms with Gasteiger partial charge in [-0.1, -0.05) is 160 Å². The van der Waals surface area contributed by atoms with Crippen LogP contribution in [0.5, 0.6) is 51.7 Å². The van der Waals surface area contributed by atoms with Crippen LogP contribution in [-0.4, -0.2) is 55.0 Å². The van der Waals surface area contributed by atoms with Gasteiger partial charge in [0, 0.05) is 5.41 Å². The zero-order valence-corrected chi connectivity index (χ0v) is 58.8. The van der Waals surface area contributed by atoms with Crippen LogP contribution >= 0.6 is 0 Å². The summed E-state index contributed by atoms with van der Waals surface area (Å²) in [6.45, 7) is 10.5. The number of methoxy groups -OCH3 is 3. The Balaban J connectivity index is 0.000000324. The fourth-order valence-electron chi connectivity index (χ4n) is 10.2. The maximum atomic E-state index is 12.9. The number of sulfone groups is 4. The first-order valence-corrected chi connectivity index (χ1v) is 37.1. The van der Waals surface area contributed by atoms with Crippen molar-refractivity contribution in [3.63, 3.8) is 0 Å². The monoisotopic (exact) mass is 1490 g/mol. The second kappa shape index (κ2) is 37.6. The van der Waals surface area contributed by atoms with Crippen molar-refractivity contribution in [2.24, 2.45) is 0 Å². The minimum Gasteiger partial charge on any atom is -0.497 e. The molecule has 14 nitrogen and oxygen atoms in total. The molecule has 0 bridgehead atoms. The molecule has 0 radical (unpaired) electrons. The summed E-state index contributed by atoms with van der Waals surface area (Å²) in [6, 6.07) is 83.2. The fraction of sp³-hybridized carbons (Fsp3) is 0.172. The van der Waals surface area contributed by atoms with E-state index in [4.69, 9.17) is 28.4 Å². The van der Waals surface area contributed by atoms with Gasteiger partial charge in [0.2, 0.25) is 39.3 Å². The molecule has 0 N–H and O–H groups in total. The molecule has 12 aromatic rings. The number of hydrogen-bond donors (Lipinski definition) is 0. The molecule has 105 heavy (non-hydrogen) atoms. The molecule has 0 atom stereocenters. The maximum absolute atomic E-state index is 12.9. The fourth-order valence-corrected chi connectivity index (χ4v) is 15.3. The first-order chi connectivity index (χ1) is 47.3. The standard InChI is InChI=1S/C29H28O4S.C26H22O6S2.C26H22O4S.6CH4/c1-21-5-7-22(8-6-21)29(2,3)23-9-11-25(12-10-23)33-26-15-19-28(20-16-26)34(30,31)27-17-13-24(32-4)14-18-27;1-19-3-11-23(12-4-19)33(27,28)25-15-7-21(8-16-25)32-22-9-17-26(18-10-22)34(29,30)24-13-5-20(31-2)6-14-24;1-19-3-5-20(6-4-19)21-7-9-23(10-8-21)30-24-13-17-26(18-14-24)31(27,28)25-15-11-22(29-2)12-16-25;;;;;;/h5-20H,1-4H3;3-18H,1-2H3;3-18H,1-2H3;6*1H4. The van der Waals surface area contributed by atoms with E-state index in [0.717, 1.165) is 16.7 Å². The van der Waals surface area contributed by atoms with Gasteiger partial charge in [0.05, 0.1) is 60.5 Å². The molecule has 0 saturated carbocycles. The van der Waals surface area contributed by atoms with E-state index < -0.39 is 39.3 Å². The summed E-state index contributed by atoms with van der Waals surface area (Å²) in [5.74, 6) is 5.13. The Morgan fingerprint density at radius 3 is 0.562 bits per heavy atom. The van der Waals surface area contributed by atoms with Gasteiger partial charge in [-0.2, -0.15) is 0 Å². The van der Waals surface area contributed by atoms with Gasteiger partial charge in [0.25, 0.3) is 0 Å². The third kappa shape index (κ3) is 21.2. The molecule has 0 fully saturated rings. The van der Waals surface area contributed by atoms with Crippen molar-refractivity contribution in [3.05, 3.63) is 319 Å². The molecule has 0 unspecified atom stereocenters. The summed E-state index contributed by atoms with van der Waals surface area (Å²) in [6.07, 6.45) is 0. The lowest BCUT2D eigenvalue weighted by Crippen LogP contribution is -2.18. The molecule has 0 saturated heterocycles. The first kappa shape index (κ1) is 86.6. The van der Waals surface area contributed by atoms with Crippen LogP contribution in [0.1, 0.15) is 86.2 Å². The molecule has 0 aromatic heterocycles. The second-order valence-electron chi connectivity index (χ2n) is 23.5. The number of ether oxygens (including phenoxy) is 6. The van der Waals surface area contributed by atoms with Gasteiger partial charge >= 0.3 is 0 Å². The van der Waals surface area contributed by atoms with Crippen LogP contribution in [0.25, 0.3) is 11.1 Å². The SMILES string of the molecule is C.C.C.C.C.C.COc1ccc(S(=O)(=O)c2ccc(Oc3ccc(-c4ccc(C)cc4)cc3)cc2)cc1.COc1ccc(S(=O)(=O)c2ccc(Oc3ccc(C(C)(C)c4ccc(C)cc4)cc3)cc2)cc1.COc1ccc(S(=O)(=O)c2ccc(Oc3ccc(S(=O)(=O)c4ccc(C)cc4)cc3)cc2)cc1. The molecular formula is C87H96O14S4. The largest absolute Gasteiger partial charge is 0.497 e. The molecule has 552 valence electrons. The van der Waals surface area contributed by atoms with E-state index >= 15 is 0 Å². The zero-order chi connectivity index (χ0) is 70.5. The van der Waals surface area contributed by atoms with E-state index in [-0.39, 0.29) is 89.1 Å². The normalized spacial score (nSPS) is 10.9. The molecule has 12 aromatic carbocycles. The van der Waals surface area contributed by atoms with Crippen molar-refractivity contribution in [1.29, 1.82) is 0 Å². The molecule has 0 amide bonds. The van der Waals surface area contributed by atoms with Crippen LogP contribution in [-0.2, 0) is 44.8 Å². The lowest BCUT2D eigenvalue weighted by molar-refractivity contribution is 0.414. The summed E-state index contributed by atoms with van der Waals surface area (Å²) in [5.41, 5.74) is 7.99. The Bertz CT molecular complexity index is 5160. The highest BCUT2D eigenvalue weighted by molar-refractivity contribution is 7.92. The highest BCUT2D eigenvalue weighted by Crippen LogP contribution is 2.36. The molecule has 18 heteroatoms. The van der Waals surface area contributed by atoms with Gasteiger partial charge in [-0.05, 0) is 249 Å². The highest BCUT2D eigenvalue weighted by Gasteiger charge is 2.25. The van der Waals surface area contributed by atoms with Gasteiger partial charge in [0.1, 0.15) is 51.7 Å². The third-order valence-electron chi connectivity index (χ3n) is 16.3. The molecule has 0 aliphatic carbocycles. The molecule has 0 aliphatic rings. The lowest BCUT2D eigenvalue weighted by Gasteiger charge is -2.26. The molecule has 12 rings (SSSR count). The van der Waals surface area contributed by atoms with Gasteiger partial charge < -0.3 is 28.4 Å². The average molecular weight is 1490 g/mol. The van der Waals surface area contributed by atoms with Crippen LogP contribution in [0.3, 0.4) is 0 Å². The molecule has 0 heterocycles. The number of rotatable bonds is 20. The smallest absolute Gasteiger partial charge is 0.206 e. The molecular weight excluding hydrogens is 1400 g/mol. The summed E-state index contributed by atoms with van der Waals surface area (Å²) >= 11 is 0. The van der Waals surface area contributed by atoms with Crippen molar-refractivity contribution < 1.29 is 62.1 Å². The van der Waals surface area contributed by atoms with Crippen LogP contribution in [0.2, 0.25) is 0 Å². The van der Waals surface area contributed by atoms with Crippen molar-refractivity contribution >= 4 is 39.3 Å². The maximum Gasteiger partial charge on any atom is 0.206 e. The van der Waals surface area contributed by atoms with Crippen molar-refractivity contribution in [1.82, 2.24) is 0 Å². The number of hydrogen-bond acceptors (Lipinski definition) is 14. The second-order valence-corrected chi connectivity index (χ2v) is 31.2. The van der Waals surface area contributed by atoms with E-state index in [1.54, 1.807) is 141 Å². The van der Waals surface area contributed by atoms with Gasteiger partial charge in [0.15, 0.2) is 0 Å². The predicted molar refractivity (Wildman–Crippen MR) is 425 cm³/mol. The van der Waals surface area contributed by atoms with Crippen LogP contribution in [0.4, 0.5) is 0 Å². The summed E-state index contributed by atoms with van der Waals surface area (Å²) in [7, 11) is -9.94. The number of aryl methyl sites for hydroxylation is 3. The predicted octanol–water partition coefficient (Wildman–Crippen LogP) is 22.5. The Labute approximate surface area is 624 Å². The van der Waals surface area contributed by atoms with Crippen LogP contribution < -0.4 is 28.4 Å². The molecule has 0 spiro atoms. The Morgan fingerprint density at radius 2 is 0.352 bits per heavy atom. The minimum absolute atomic E-state index is 0. The van der Waals surface area contributed by atoms with E-state index in [1.807, 2.05) is 43.3 Å². The Kier molecular flexibility index (Phi) is 31.0. The van der Waals surface area contributed by atoms with E-state index in [2.05, 4.69) is 88.4 Å². The molecule has 0 aliphatic heterocycles. The summed E-state index contributed by atoms with van der Waals surface area (Å²) < 4.78 is 136. The van der Waals surface area contributed by atoms with Gasteiger partial charge in [-0.15, -0.1) is 0 Å². The van der Waals surface area contributed by atoms with E-state index in [0.29, 0.717) is 51.7 Å². The first-order valence-electron chi connectivity index (χ1n) is 31.1. The minimum atomic E-state index is -3.68. The van der Waals surface area contributed by atoms with Crippen molar-refractivity contribution in [2.45, 2.75) is 124 Å². The summed E-state index contributed by atoms with van der Waals surface area (Å²) in [4.78, 5) is 1.52. The topological polar surface area (TPSA) is 192 Å². The Hall–Kier alpha value is -10.8. The summed E-state index contributed by atoms with van der Waals surface area (Å²) in [5, 5.41) is 0. The average Bonchev–Trinajstić information content (AvgIpc) is 0.824. The number of benzene rings is 12. The Morgan fingerprint density at radius 1 is 0.210 bits per heavy atom. The van der Waals surface area contributed by atoms with Gasteiger partial charge in [-0.3, -0.25) is 0 Å². The van der Waals surface area contributed by atoms with Crippen LogP contribution in [0, 0.1) is 20.8 Å². The third-order valence-corrected chi connectivity index (χ3v) is 23.4. The zero-order valence-electron chi connectivity index (χ0n) is 55.6. The van der Waals surface area contributed by atoms with E-state index in [9.17, 15) is 33.7 Å². The highest BCUT2D eigenvalue weighted by atomic mass is 32.2. The van der Waals surface area contributed by atoms with Crippen molar-refractivity contribution in [2.75, 3.05) is 21.3 Å². The van der Waals surface area contributed by atoms with Crippen molar-refractivity contribution in [3.8, 4) is 62.9 Å². The van der Waals surface area contributed by atoms with Gasteiger partial charge in [-0.25, -0.2) is 33.7 Å². The lowest BCUT2D eigenvalue weighted by atomic mass is 9.78. The van der Waals surface area contributed by atoms with E-state index in [1.165, 1.54) is 97.1 Å². The van der Waals surface area contributed by atoms with Crippen LogP contribution in [0.15, 0.2) is 330 Å².